The Morgan fingerprint density at radius 2 is 2.31 bits per heavy atom. The van der Waals surface area contributed by atoms with Crippen LogP contribution in [0.25, 0.3) is 0 Å². The maximum atomic E-state index is 4.19. The fourth-order valence-corrected chi connectivity index (χ4v) is 2.61. The summed E-state index contributed by atoms with van der Waals surface area (Å²) in [5.41, 5.74) is 1.13. The molecule has 0 aliphatic carbocycles. The molecule has 0 saturated carbocycles. The lowest BCUT2D eigenvalue weighted by Crippen LogP contribution is -2.45. The second-order valence-corrected chi connectivity index (χ2v) is 4.90. The molecule has 88 valence electrons. The third-order valence-corrected chi connectivity index (χ3v) is 3.41. The molecule has 0 amide bonds. The van der Waals surface area contributed by atoms with Gasteiger partial charge in [0, 0.05) is 24.7 Å². The van der Waals surface area contributed by atoms with Crippen LogP contribution in [0.15, 0.2) is 18.3 Å². The van der Waals surface area contributed by atoms with Gasteiger partial charge in [-0.25, -0.2) is 0 Å². The third-order valence-electron chi connectivity index (χ3n) is 3.41. The lowest BCUT2D eigenvalue weighted by molar-refractivity contribution is 0.111. The molecule has 1 aliphatic rings. The molecular formula is C13H21N3. The Labute approximate surface area is 97.9 Å². The van der Waals surface area contributed by atoms with Crippen molar-refractivity contribution in [3.8, 4) is 0 Å². The molecule has 16 heavy (non-hydrogen) atoms. The van der Waals surface area contributed by atoms with E-state index in [1.54, 1.807) is 6.20 Å². The van der Waals surface area contributed by atoms with Crippen LogP contribution in [0, 0.1) is 0 Å². The van der Waals surface area contributed by atoms with Gasteiger partial charge in [-0.05, 0) is 45.4 Å². The van der Waals surface area contributed by atoms with Crippen LogP contribution >= 0.6 is 0 Å². The molecule has 1 aromatic rings. The summed E-state index contributed by atoms with van der Waals surface area (Å²) in [6, 6.07) is 5.36. The van der Waals surface area contributed by atoms with E-state index < -0.39 is 0 Å². The highest BCUT2D eigenvalue weighted by molar-refractivity contribution is 5.02. The molecule has 0 radical (unpaired) electrons. The third kappa shape index (κ3) is 2.79. The van der Waals surface area contributed by atoms with E-state index in [0.29, 0.717) is 12.1 Å². The maximum absolute atomic E-state index is 4.19. The molecular weight excluding hydrogens is 198 g/mol. The molecule has 0 spiro atoms. The molecule has 2 heterocycles. The number of hydrogen-bond donors (Lipinski definition) is 0. The first-order valence-corrected chi connectivity index (χ1v) is 6.29. The smallest absolute Gasteiger partial charge is 0.0646 e. The van der Waals surface area contributed by atoms with Crippen LogP contribution in [0.1, 0.15) is 38.8 Å². The van der Waals surface area contributed by atoms with E-state index in [9.17, 15) is 0 Å². The minimum atomic E-state index is 0.641. The number of likely N-dealkylation sites (tertiary alicyclic amines) is 1. The van der Waals surface area contributed by atoms with Crippen molar-refractivity contribution in [3.05, 3.63) is 24.0 Å². The zero-order chi connectivity index (χ0) is 11.4. The molecule has 0 bridgehead atoms. The fourth-order valence-electron chi connectivity index (χ4n) is 2.61. The van der Waals surface area contributed by atoms with E-state index in [1.807, 2.05) is 6.07 Å². The fraction of sp³-hybridized carbons (Fsp3) is 0.692. The van der Waals surface area contributed by atoms with Crippen LogP contribution in [0.3, 0.4) is 0 Å². The standard InChI is InChI=1S/C13H21N3/c1-11(2)16-9-4-3-7-13(16)10-12-6-5-8-14-15-12/h5-6,8,11,13H,3-4,7,9-10H2,1-2H3. The zero-order valence-corrected chi connectivity index (χ0v) is 10.3. The van der Waals surface area contributed by atoms with E-state index in [-0.39, 0.29) is 0 Å². The quantitative estimate of drug-likeness (QED) is 0.781. The Morgan fingerprint density at radius 3 is 3.00 bits per heavy atom. The average molecular weight is 219 g/mol. The van der Waals surface area contributed by atoms with Crippen LogP contribution < -0.4 is 0 Å². The Hall–Kier alpha value is -0.960. The van der Waals surface area contributed by atoms with Gasteiger partial charge in [0.2, 0.25) is 0 Å². The van der Waals surface area contributed by atoms with Gasteiger partial charge >= 0.3 is 0 Å². The van der Waals surface area contributed by atoms with Gasteiger partial charge in [-0.3, -0.25) is 4.90 Å². The van der Waals surface area contributed by atoms with E-state index in [4.69, 9.17) is 0 Å². The summed E-state index contributed by atoms with van der Waals surface area (Å²) in [7, 11) is 0. The summed E-state index contributed by atoms with van der Waals surface area (Å²) in [5.74, 6) is 0. The molecule has 1 atom stereocenters. The maximum Gasteiger partial charge on any atom is 0.0646 e. The lowest BCUT2D eigenvalue weighted by atomic mass is 9.96. The first-order valence-electron chi connectivity index (χ1n) is 6.29. The van der Waals surface area contributed by atoms with Crippen molar-refractivity contribution in [2.45, 2.75) is 51.6 Å². The largest absolute Gasteiger partial charge is 0.298 e. The van der Waals surface area contributed by atoms with Crippen LogP contribution in [-0.2, 0) is 6.42 Å². The minimum absolute atomic E-state index is 0.641. The highest BCUT2D eigenvalue weighted by atomic mass is 15.2. The SMILES string of the molecule is CC(C)N1CCCCC1Cc1cccnn1. The van der Waals surface area contributed by atoms with Crippen LogP contribution in [-0.4, -0.2) is 33.7 Å². The molecule has 1 fully saturated rings. The van der Waals surface area contributed by atoms with Gasteiger partial charge in [-0.1, -0.05) is 6.42 Å². The first kappa shape index (κ1) is 11.5. The van der Waals surface area contributed by atoms with Gasteiger partial charge in [-0.15, -0.1) is 0 Å². The topological polar surface area (TPSA) is 29.0 Å². The Balaban J connectivity index is 2.01. The average Bonchev–Trinajstić information content (AvgIpc) is 2.31. The normalized spacial score (nSPS) is 22.6. The molecule has 1 saturated heterocycles. The Kier molecular flexibility index (Phi) is 3.88. The summed E-state index contributed by atoms with van der Waals surface area (Å²) >= 11 is 0. The van der Waals surface area contributed by atoms with Crippen molar-refractivity contribution in [2.75, 3.05) is 6.54 Å². The van der Waals surface area contributed by atoms with Crippen molar-refractivity contribution in [1.82, 2.24) is 15.1 Å². The second kappa shape index (κ2) is 5.39. The van der Waals surface area contributed by atoms with E-state index in [0.717, 1.165) is 12.1 Å². The number of aromatic nitrogens is 2. The van der Waals surface area contributed by atoms with E-state index in [1.165, 1.54) is 25.8 Å². The molecule has 0 N–H and O–H groups in total. The Bertz CT molecular complexity index is 310. The molecule has 3 nitrogen and oxygen atoms in total. The van der Waals surface area contributed by atoms with Crippen molar-refractivity contribution >= 4 is 0 Å². The van der Waals surface area contributed by atoms with Gasteiger partial charge < -0.3 is 0 Å². The molecule has 2 rings (SSSR count). The molecule has 0 aromatic carbocycles. The van der Waals surface area contributed by atoms with E-state index in [2.05, 4.69) is 35.0 Å². The monoisotopic (exact) mass is 219 g/mol. The minimum Gasteiger partial charge on any atom is -0.298 e. The van der Waals surface area contributed by atoms with E-state index >= 15 is 0 Å². The second-order valence-electron chi connectivity index (χ2n) is 4.90. The predicted molar refractivity (Wildman–Crippen MR) is 65.2 cm³/mol. The summed E-state index contributed by atoms with van der Waals surface area (Å²) in [6.45, 7) is 5.81. The first-order chi connectivity index (χ1) is 7.77. The van der Waals surface area contributed by atoms with Crippen molar-refractivity contribution < 1.29 is 0 Å². The van der Waals surface area contributed by atoms with Crippen molar-refractivity contribution in [1.29, 1.82) is 0 Å². The van der Waals surface area contributed by atoms with Crippen molar-refractivity contribution in [3.63, 3.8) is 0 Å². The summed E-state index contributed by atoms with van der Waals surface area (Å²) in [5, 5.41) is 8.14. The van der Waals surface area contributed by atoms with Crippen LogP contribution in [0.5, 0.6) is 0 Å². The zero-order valence-electron chi connectivity index (χ0n) is 10.3. The van der Waals surface area contributed by atoms with Gasteiger partial charge in [-0.2, -0.15) is 10.2 Å². The molecule has 3 heteroatoms. The summed E-state index contributed by atoms with van der Waals surface area (Å²) in [6.07, 6.45) is 6.79. The Morgan fingerprint density at radius 1 is 1.44 bits per heavy atom. The van der Waals surface area contributed by atoms with Gasteiger partial charge in [0.15, 0.2) is 0 Å². The lowest BCUT2D eigenvalue weighted by Gasteiger charge is -2.38. The van der Waals surface area contributed by atoms with Crippen molar-refractivity contribution in [2.24, 2.45) is 0 Å². The van der Waals surface area contributed by atoms with Gasteiger partial charge in [0.1, 0.15) is 0 Å². The van der Waals surface area contributed by atoms with Gasteiger partial charge in [0.05, 0.1) is 5.69 Å². The van der Waals surface area contributed by atoms with Gasteiger partial charge in [0.25, 0.3) is 0 Å². The number of rotatable bonds is 3. The molecule has 1 aromatic heterocycles. The highest BCUT2D eigenvalue weighted by Crippen LogP contribution is 2.21. The molecule has 1 unspecified atom stereocenters. The van der Waals surface area contributed by atoms with Crippen LogP contribution in [0.2, 0.25) is 0 Å². The highest BCUT2D eigenvalue weighted by Gasteiger charge is 2.24. The summed E-state index contributed by atoms with van der Waals surface area (Å²) in [4.78, 5) is 2.61. The molecule has 1 aliphatic heterocycles. The number of piperidine rings is 1. The predicted octanol–water partition coefficient (Wildman–Crippen LogP) is 2.28. The number of nitrogens with zero attached hydrogens (tertiary/aromatic N) is 3. The van der Waals surface area contributed by atoms with Crippen LogP contribution in [0.4, 0.5) is 0 Å². The number of hydrogen-bond acceptors (Lipinski definition) is 3. The summed E-state index contributed by atoms with van der Waals surface area (Å²) < 4.78 is 0.